The van der Waals surface area contributed by atoms with Crippen LogP contribution >= 0.6 is 0 Å². The summed E-state index contributed by atoms with van der Waals surface area (Å²) in [6, 6.07) is -0.109. The largest absolute Gasteiger partial charge is 0.452 e. The average molecular weight is 293 g/mol. The Morgan fingerprint density at radius 3 is 2.79 bits per heavy atom. The van der Waals surface area contributed by atoms with Gasteiger partial charge >= 0.3 is 16.3 Å². The molecule has 1 aliphatic heterocycles. The van der Waals surface area contributed by atoms with Crippen molar-refractivity contribution < 1.29 is 17.9 Å². The zero-order valence-electron chi connectivity index (χ0n) is 11.5. The first-order chi connectivity index (χ1) is 9.01. The minimum absolute atomic E-state index is 0.109. The monoisotopic (exact) mass is 293 g/mol. The maximum atomic E-state index is 12.1. The van der Waals surface area contributed by atoms with Crippen LogP contribution in [0.15, 0.2) is 0 Å². The summed E-state index contributed by atoms with van der Waals surface area (Å²) in [5.74, 6) is 0. The minimum atomic E-state index is -3.81. The van der Waals surface area contributed by atoms with Crippen molar-refractivity contribution in [1.29, 1.82) is 0 Å². The van der Waals surface area contributed by atoms with Gasteiger partial charge in [-0.2, -0.15) is 12.7 Å². The second kappa shape index (κ2) is 7.66. The highest BCUT2D eigenvalue weighted by molar-refractivity contribution is 7.87. The highest BCUT2D eigenvalue weighted by Crippen LogP contribution is 2.19. The summed E-state index contributed by atoms with van der Waals surface area (Å²) in [4.78, 5) is 11.1. The van der Waals surface area contributed by atoms with E-state index < -0.39 is 16.3 Å². The van der Waals surface area contributed by atoms with Gasteiger partial charge in [0.25, 0.3) is 0 Å². The Balaban J connectivity index is 2.67. The summed E-state index contributed by atoms with van der Waals surface area (Å²) in [5, 5.41) is 3.22. The predicted molar refractivity (Wildman–Crippen MR) is 72.0 cm³/mol. The van der Waals surface area contributed by atoms with Gasteiger partial charge < -0.3 is 10.1 Å². The third kappa shape index (κ3) is 4.96. The normalized spacial score (nSPS) is 21.1. The maximum absolute atomic E-state index is 12.1. The van der Waals surface area contributed by atoms with E-state index in [-0.39, 0.29) is 6.04 Å². The smallest absolute Gasteiger partial charge is 0.421 e. The summed E-state index contributed by atoms with van der Waals surface area (Å²) in [6.07, 6.45) is 2.67. The molecule has 0 bridgehead atoms. The fourth-order valence-corrected chi connectivity index (χ4v) is 3.50. The van der Waals surface area contributed by atoms with Crippen LogP contribution in [0.4, 0.5) is 4.79 Å². The van der Waals surface area contributed by atoms with Gasteiger partial charge in [0.15, 0.2) is 0 Å². The molecule has 19 heavy (non-hydrogen) atoms. The topological polar surface area (TPSA) is 87.7 Å². The van der Waals surface area contributed by atoms with Crippen molar-refractivity contribution in [3.05, 3.63) is 0 Å². The van der Waals surface area contributed by atoms with E-state index >= 15 is 0 Å². The quantitative estimate of drug-likeness (QED) is 0.694. The van der Waals surface area contributed by atoms with Crippen molar-refractivity contribution in [2.75, 3.05) is 26.7 Å². The lowest BCUT2D eigenvalue weighted by Crippen LogP contribution is -2.53. The summed E-state index contributed by atoms with van der Waals surface area (Å²) >= 11 is 0. The summed E-state index contributed by atoms with van der Waals surface area (Å²) in [6.45, 7) is 3.96. The van der Waals surface area contributed by atoms with Gasteiger partial charge in [-0.3, -0.25) is 0 Å². The zero-order valence-corrected chi connectivity index (χ0v) is 12.3. The van der Waals surface area contributed by atoms with Gasteiger partial charge in [0.2, 0.25) is 0 Å². The number of nitrogens with zero attached hydrogens (tertiary/aromatic N) is 1. The van der Waals surface area contributed by atoms with Crippen LogP contribution in [0.1, 0.15) is 32.6 Å². The number of hydrogen-bond acceptors (Lipinski definition) is 5. The first-order valence-corrected chi connectivity index (χ1v) is 8.03. The van der Waals surface area contributed by atoms with Gasteiger partial charge in [0.1, 0.15) is 0 Å². The molecular weight excluding hydrogens is 270 g/mol. The van der Waals surface area contributed by atoms with E-state index in [9.17, 15) is 13.2 Å². The number of amides is 1. The lowest BCUT2D eigenvalue weighted by molar-refractivity contribution is 0.175. The number of methoxy groups -OCH3 is 1. The molecule has 0 radical (unpaired) electrons. The molecule has 1 rings (SSSR count). The van der Waals surface area contributed by atoms with E-state index in [0.29, 0.717) is 13.1 Å². The average Bonchev–Trinajstić information content (AvgIpc) is 2.39. The molecule has 1 fully saturated rings. The molecule has 2 N–H and O–H groups in total. The molecule has 0 aliphatic carbocycles. The highest BCUT2D eigenvalue weighted by Gasteiger charge is 2.33. The minimum Gasteiger partial charge on any atom is -0.452 e. The van der Waals surface area contributed by atoms with Crippen LogP contribution in [0.25, 0.3) is 0 Å². The Kier molecular flexibility index (Phi) is 6.53. The van der Waals surface area contributed by atoms with Gasteiger partial charge in [0, 0.05) is 19.1 Å². The van der Waals surface area contributed by atoms with Crippen molar-refractivity contribution in [3.63, 3.8) is 0 Å². The molecule has 8 heteroatoms. The van der Waals surface area contributed by atoms with Gasteiger partial charge in [0.05, 0.1) is 7.11 Å². The van der Waals surface area contributed by atoms with Crippen molar-refractivity contribution in [2.45, 2.75) is 38.6 Å². The zero-order chi connectivity index (χ0) is 14.3. The Bertz CT molecular complexity index is 385. The fourth-order valence-electron chi connectivity index (χ4n) is 2.15. The summed E-state index contributed by atoms with van der Waals surface area (Å²) < 4.78 is 31.8. The SMILES string of the molecule is CCCNCC1CCCCN1S(=O)(=O)NC(=O)OC. The number of piperidine rings is 1. The molecule has 0 aromatic carbocycles. The predicted octanol–water partition coefficient (Wildman–Crippen LogP) is 0.441. The Morgan fingerprint density at radius 1 is 1.42 bits per heavy atom. The standard InChI is InChI=1S/C11H23N3O4S/c1-3-7-12-9-10-6-4-5-8-14(10)19(16,17)13-11(15)18-2/h10,12H,3-9H2,1-2H3,(H,13,15). The maximum Gasteiger partial charge on any atom is 0.421 e. The first-order valence-electron chi connectivity index (χ1n) is 6.59. The molecule has 0 aromatic heterocycles. The van der Waals surface area contributed by atoms with Gasteiger partial charge in [-0.25, -0.2) is 9.52 Å². The highest BCUT2D eigenvalue weighted by atomic mass is 32.2. The van der Waals surface area contributed by atoms with E-state index in [1.807, 2.05) is 4.72 Å². The molecule has 7 nitrogen and oxygen atoms in total. The van der Waals surface area contributed by atoms with Gasteiger partial charge in [-0.15, -0.1) is 0 Å². The molecule has 1 atom stereocenters. The summed E-state index contributed by atoms with van der Waals surface area (Å²) in [7, 11) is -2.67. The van der Waals surface area contributed by atoms with E-state index in [1.54, 1.807) is 0 Å². The molecule has 1 aliphatic rings. The van der Waals surface area contributed by atoms with E-state index in [1.165, 1.54) is 4.31 Å². The van der Waals surface area contributed by atoms with Crippen LogP contribution < -0.4 is 10.0 Å². The van der Waals surface area contributed by atoms with Crippen molar-refractivity contribution in [1.82, 2.24) is 14.3 Å². The Morgan fingerprint density at radius 2 is 2.16 bits per heavy atom. The third-order valence-corrected chi connectivity index (χ3v) is 4.61. The number of ether oxygens (including phenoxy) is 1. The Labute approximate surface area is 114 Å². The molecule has 1 saturated heterocycles. The summed E-state index contributed by atoms with van der Waals surface area (Å²) in [5.41, 5.74) is 0. The second-order valence-corrected chi connectivity index (χ2v) is 6.19. The van der Waals surface area contributed by atoms with Gasteiger partial charge in [-0.05, 0) is 25.8 Å². The van der Waals surface area contributed by atoms with Crippen molar-refractivity contribution in [2.24, 2.45) is 0 Å². The van der Waals surface area contributed by atoms with Crippen LogP contribution in [0.2, 0.25) is 0 Å². The number of nitrogens with one attached hydrogen (secondary N) is 2. The lowest BCUT2D eigenvalue weighted by atomic mass is 10.1. The van der Waals surface area contributed by atoms with Crippen LogP contribution in [-0.2, 0) is 14.9 Å². The molecule has 0 spiro atoms. The molecular formula is C11H23N3O4S. The van der Waals surface area contributed by atoms with Crippen LogP contribution in [0.3, 0.4) is 0 Å². The van der Waals surface area contributed by atoms with Crippen molar-refractivity contribution >= 4 is 16.3 Å². The molecule has 1 heterocycles. The molecule has 1 unspecified atom stereocenters. The number of carbonyl (C=O) groups excluding carboxylic acids is 1. The number of hydrogen-bond donors (Lipinski definition) is 2. The van der Waals surface area contributed by atoms with E-state index in [4.69, 9.17) is 0 Å². The molecule has 1 amide bonds. The third-order valence-electron chi connectivity index (χ3n) is 3.09. The van der Waals surface area contributed by atoms with E-state index in [0.717, 1.165) is 39.3 Å². The van der Waals surface area contributed by atoms with Crippen molar-refractivity contribution in [3.8, 4) is 0 Å². The molecule has 0 aromatic rings. The number of carbonyl (C=O) groups is 1. The van der Waals surface area contributed by atoms with Gasteiger partial charge in [-0.1, -0.05) is 13.3 Å². The van der Waals surface area contributed by atoms with Crippen LogP contribution in [0, 0.1) is 0 Å². The molecule has 112 valence electrons. The van der Waals surface area contributed by atoms with Crippen LogP contribution in [-0.4, -0.2) is 51.6 Å². The van der Waals surface area contributed by atoms with Crippen LogP contribution in [0.5, 0.6) is 0 Å². The molecule has 0 saturated carbocycles. The fraction of sp³-hybridized carbons (Fsp3) is 0.909. The first kappa shape index (κ1) is 16.2. The number of rotatable bonds is 6. The van der Waals surface area contributed by atoms with E-state index in [2.05, 4.69) is 17.0 Å². The second-order valence-electron chi connectivity index (χ2n) is 4.56. The Hall–Kier alpha value is -0.860. The lowest BCUT2D eigenvalue weighted by Gasteiger charge is -2.34.